The second kappa shape index (κ2) is 6.11. The highest BCUT2D eigenvalue weighted by atomic mass is 16.6. The van der Waals surface area contributed by atoms with Gasteiger partial charge in [0.25, 0.3) is 0 Å². The van der Waals surface area contributed by atoms with Crippen LogP contribution in [0, 0.1) is 0 Å². The minimum absolute atomic E-state index is 0.0522. The van der Waals surface area contributed by atoms with Crippen molar-refractivity contribution in [3.63, 3.8) is 0 Å². The number of likely N-dealkylation sites (tertiary alicyclic amines) is 1. The van der Waals surface area contributed by atoms with Crippen molar-refractivity contribution in [2.45, 2.75) is 68.8 Å². The number of piperidine rings is 1. The van der Waals surface area contributed by atoms with E-state index in [1.807, 2.05) is 6.07 Å². The van der Waals surface area contributed by atoms with Crippen molar-refractivity contribution >= 4 is 11.9 Å². The predicted octanol–water partition coefficient (Wildman–Crippen LogP) is 1.98. The maximum atomic E-state index is 12.3. The van der Waals surface area contributed by atoms with Gasteiger partial charge >= 0.3 is 11.9 Å². The number of nitrogens with zero attached hydrogens (tertiary/aromatic N) is 1. The Kier molecular flexibility index (Phi) is 3.95. The Morgan fingerprint density at radius 2 is 2.00 bits per heavy atom. The summed E-state index contributed by atoms with van der Waals surface area (Å²) in [4.78, 5) is 26.5. The Labute approximate surface area is 170 Å². The zero-order valence-corrected chi connectivity index (χ0v) is 17.3. The van der Waals surface area contributed by atoms with Gasteiger partial charge in [-0.05, 0) is 50.9 Å². The molecule has 29 heavy (non-hydrogen) atoms. The fourth-order valence-corrected chi connectivity index (χ4v) is 6.62. The van der Waals surface area contributed by atoms with Crippen molar-refractivity contribution in [1.29, 1.82) is 0 Å². The van der Waals surface area contributed by atoms with E-state index in [9.17, 15) is 9.59 Å². The van der Waals surface area contributed by atoms with Gasteiger partial charge in [0.2, 0.25) is 0 Å². The first-order chi connectivity index (χ1) is 13.8. The fourth-order valence-electron chi connectivity index (χ4n) is 6.62. The highest BCUT2D eigenvalue weighted by Gasteiger charge is 2.75. The lowest BCUT2D eigenvalue weighted by Gasteiger charge is -2.64. The molecular formula is C22H27NO6. The SMILES string of the molecule is COc1ccc2c3c1OC1[C@@H](OC(C)=O)CCC4(OC(C)=O)C(C2)N(C)CCC314. The molecular weight excluding hydrogens is 374 g/mol. The fraction of sp³-hybridized carbons (Fsp3) is 0.636. The summed E-state index contributed by atoms with van der Waals surface area (Å²) in [5.41, 5.74) is 1.03. The first-order valence-corrected chi connectivity index (χ1v) is 10.3. The zero-order valence-electron chi connectivity index (χ0n) is 17.3. The number of hydrogen-bond donors (Lipinski definition) is 0. The molecule has 4 unspecified atom stereocenters. The minimum atomic E-state index is -0.711. The van der Waals surface area contributed by atoms with Crippen molar-refractivity contribution in [1.82, 2.24) is 4.90 Å². The molecule has 1 saturated carbocycles. The largest absolute Gasteiger partial charge is 0.493 e. The number of ether oxygens (including phenoxy) is 4. The first-order valence-electron chi connectivity index (χ1n) is 10.3. The zero-order chi connectivity index (χ0) is 20.6. The number of esters is 2. The number of likely N-dealkylation sites (N-methyl/N-ethyl adjacent to an activating group) is 1. The van der Waals surface area contributed by atoms with Gasteiger partial charge in [-0.1, -0.05) is 6.07 Å². The van der Waals surface area contributed by atoms with Crippen LogP contribution >= 0.6 is 0 Å². The third-order valence-corrected chi connectivity index (χ3v) is 7.48. The lowest BCUT2D eigenvalue weighted by atomic mass is 9.48. The number of carbonyl (C=O) groups is 2. The van der Waals surface area contributed by atoms with Crippen molar-refractivity contribution in [2.75, 3.05) is 20.7 Å². The van der Waals surface area contributed by atoms with Crippen LogP contribution in [-0.4, -0.2) is 61.4 Å². The number of hydrogen-bond acceptors (Lipinski definition) is 7. The van der Waals surface area contributed by atoms with E-state index in [1.54, 1.807) is 7.11 Å². The Balaban J connectivity index is 1.78. The van der Waals surface area contributed by atoms with Crippen LogP contribution in [0.15, 0.2) is 12.1 Å². The van der Waals surface area contributed by atoms with Crippen LogP contribution in [0.5, 0.6) is 11.5 Å². The number of carbonyl (C=O) groups excluding carboxylic acids is 2. The topological polar surface area (TPSA) is 74.3 Å². The molecule has 5 rings (SSSR count). The molecule has 156 valence electrons. The first kappa shape index (κ1) is 18.7. The maximum Gasteiger partial charge on any atom is 0.303 e. The van der Waals surface area contributed by atoms with Crippen LogP contribution in [0.1, 0.15) is 44.2 Å². The predicted molar refractivity (Wildman–Crippen MR) is 103 cm³/mol. The molecule has 2 bridgehead atoms. The maximum absolute atomic E-state index is 12.3. The molecule has 2 aliphatic carbocycles. The van der Waals surface area contributed by atoms with Gasteiger partial charge in [0.05, 0.1) is 18.6 Å². The number of rotatable bonds is 3. The monoisotopic (exact) mass is 401 g/mol. The van der Waals surface area contributed by atoms with E-state index in [2.05, 4.69) is 18.0 Å². The van der Waals surface area contributed by atoms with Crippen molar-refractivity contribution in [2.24, 2.45) is 0 Å². The average molecular weight is 401 g/mol. The summed E-state index contributed by atoms with van der Waals surface area (Å²) in [6, 6.07) is 4.10. The summed E-state index contributed by atoms with van der Waals surface area (Å²) in [6.45, 7) is 3.76. The van der Waals surface area contributed by atoms with E-state index in [0.717, 1.165) is 24.9 Å². The van der Waals surface area contributed by atoms with Crippen molar-refractivity contribution in [3.8, 4) is 11.5 Å². The van der Waals surface area contributed by atoms with E-state index < -0.39 is 17.1 Å². The van der Waals surface area contributed by atoms with E-state index in [0.29, 0.717) is 24.3 Å². The van der Waals surface area contributed by atoms with Gasteiger partial charge in [0, 0.05) is 19.4 Å². The highest BCUT2D eigenvalue weighted by molar-refractivity contribution is 5.70. The van der Waals surface area contributed by atoms with Crippen LogP contribution in [0.3, 0.4) is 0 Å². The van der Waals surface area contributed by atoms with Crippen LogP contribution in [-0.2, 0) is 30.9 Å². The highest BCUT2D eigenvalue weighted by Crippen LogP contribution is 2.66. The Morgan fingerprint density at radius 1 is 1.21 bits per heavy atom. The van der Waals surface area contributed by atoms with Gasteiger partial charge in [-0.25, -0.2) is 0 Å². The van der Waals surface area contributed by atoms with Gasteiger partial charge in [0.1, 0.15) is 17.8 Å². The lowest BCUT2D eigenvalue weighted by molar-refractivity contribution is -0.230. The summed E-state index contributed by atoms with van der Waals surface area (Å²) >= 11 is 0. The van der Waals surface area contributed by atoms with E-state index in [1.165, 1.54) is 19.4 Å². The molecule has 7 heteroatoms. The van der Waals surface area contributed by atoms with Gasteiger partial charge in [-0.3, -0.25) is 14.5 Å². The molecule has 2 aliphatic heterocycles. The summed E-state index contributed by atoms with van der Waals surface area (Å²) in [6.07, 6.45) is 1.99. The Hall–Kier alpha value is -2.28. The smallest absolute Gasteiger partial charge is 0.303 e. The Morgan fingerprint density at radius 3 is 2.69 bits per heavy atom. The summed E-state index contributed by atoms with van der Waals surface area (Å²) in [5.74, 6) is 0.782. The molecule has 2 heterocycles. The second-order valence-electron chi connectivity index (χ2n) is 8.76. The third-order valence-electron chi connectivity index (χ3n) is 7.48. The van der Waals surface area contributed by atoms with Crippen LogP contribution in [0.4, 0.5) is 0 Å². The van der Waals surface area contributed by atoms with Crippen molar-refractivity contribution in [3.05, 3.63) is 23.3 Å². The average Bonchev–Trinajstić information content (AvgIpc) is 3.01. The van der Waals surface area contributed by atoms with E-state index >= 15 is 0 Å². The Bertz CT molecular complexity index is 900. The molecule has 0 amide bonds. The molecule has 1 saturated heterocycles. The molecule has 5 atom stereocenters. The molecule has 0 radical (unpaired) electrons. The quantitative estimate of drug-likeness (QED) is 0.717. The normalized spacial score (nSPS) is 36.6. The molecule has 1 aromatic carbocycles. The summed E-state index contributed by atoms with van der Waals surface area (Å²) in [7, 11) is 3.73. The van der Waals surface area contributed by atoms with E-state index in [-0.39, 0.29) is 24.1 Å². The van der Waals surface area contributed by atoms with Crippen LogP contribution in [0.25, 0.3) is 0 Å². The van der Waals surface area contributed by atoms with Crippen LogP contribution < -0.4 is 9.47 Å². The number of methoxy groups -OCH3 is 1. The second-order valence-corrected chi connectivity index (χ2v) is 8.76. The third kappa shape index (κ3) is 2.22. The molecule has 1 aromatic rings. The summed E-state index contributed by atoms with van der Waals surface area (Å²) < 4.78 is 24.1. The van der Waals surface area contributed by atoms with Crippen LogP contribution in [0.2, 0.25) is 0 Å². The van der Waals surface area contributed by atoms with Gasteiger partial charge in [0.15, 0.2) is 11.5 Å². The summed E-state index contributed by atoms with van der Waals surface area (Å²) in [5, 5.41) is 0. The lowest BCUT2D eigenvalue weighted by Crippen LogP contribution is -2.77. The number of benzene rings is 1. The minimum Gasteiger partial charge on any atom is -0.493 e. The van der Waals surface area contributed by atoms with Crippen molar-refractivity contribution < 1.29 is 28.5 Å². The molecule has 0 N–H and O–H groups in total. The molecule has 0 aromatic heterocycles. The van der Waals surface area contributed by atoms with Gasteiger partial charge < -0.3 is 18.9 Å². The molecule has 4 aliphatic rings. The molecule has 1 spiro atoms. The molecule has 2 fully saturated rings. The van der Waals surface area contributed by atoms with E-state index in [4.69, 9.17) is 18.9 Å². The standard InChI is InChI=1S/C22H27NO6/c1-12(24)27-16-7-8-22(29-13(2)25)17-11-14-5-6-15(26-4)19-18(14)21(22,20(16)28-19)9-10-23(17)3/h5-6,16-17,20H,7-11H2,1-4H3/t16-,17?,20?,21?,22?/m0/s1. The van der Waals surface area contributed by atoms with Gasteiger partial charge in [-0.2, -0.15) is 0 Å². The molecule has 7 nitrogen and oxygen atoms in total. The van der Waals surface area contributed by atoms with Gasteiger partial charge in [-0.15, -0.1) is 0 Å².